The van der Waals surface area contributed by atoms with E-state index in [1.54, 1.807) is 6.92 Å². The first-order valence-corrected chi connectivity index (χ1v) is 5.91. The molecule has 0 saturated carbocycles. The second-order valence-corrected chi connectivity index (χ2v) is 1.99. The minimum absolute atomic E-state index is 0.621. The van der Waals surface area contributed by atoms with Crippen LogP contribution < -0.4 is 0 Å². The summed E-state index contributed by atoms with van der Waals surface area (Å²) in [6.07, 6.45) is 0. The summed E-state index contributed by atoms with van der Waals surface area (Å²) in [7, 11) is 0. The first kappa shape index (κ1) is 19.5. The molecular formula is C14H27N. The maximum absolute atomic E-state index is 7.24. The number of hydrogen-bond acceptors (Lipinski definition) is 1. The standard InChI is InChI=1S/C8H9N.3C2H6/c1-7(9)8-5-3-2-4-6-8;3*1-2/h2-6,9H,1H3;3*1-2H3. The van der Waals surface area contributed by atoms with Gasteiger partial charge in [0.15, 0.2) is 0 Å². The molecule has 15 heavy (non-hydrogen) atoms. The summed E-state index contributed by atoms with van der Waals surface area (Å²) in [5.74, 6) is 0. The van der Waals surface area contributed by atoms with Crippen molar-refractivity contribution in [3.63, 3.8) is 0 Å². The second-order valence-electron chi connectivity index (χ2n) is 1.99. The topological polar surface area (TPSA) is 23.9 Å². The quantitative estimate of drug-likeness (QED) is 0.618. The van der Waals surface area contributed by atoms with E-state index in [0.29, 0.717) is 5.71 Å². The molecule has 0 spiro atoms. The molecule has 1 rings (SSSR count). The van der Waals surface area contributed by atoms with Gasteiger partial charge in [-0.25, -0.2) is 0 Å². The molecule has 1 heteroatoms. The molecule has 0 saturated heterocycles. The predicted octanol–water partition coefficient (Wildman–Crippen LogP) is 5.15. The summed E-state index contributed by atoms with van der Waals surface area (Å²) in [5, 5.41) is 7.24. The van der Waals surface area contributed by atoms with Crippen LogP contribution in [0.2, 0.25) is 0 Å². The Balaban J connectivity index is -0.000000208. The van der Waals surface area contributed by atoms with E-state index < -0.39 is 0 Å². The lowest BCUT2D eigenvalue weighted by molar-refractivity contribution is 1.46. The van der Waals surface area contributed by atoms with Crippen molar-refractivity contribution in [2.24, 2.45) is 0 Å². The number of benzene rings is 1. The third-order valence-electron chi connectivity index (χ3n) is 1.21. The lowest BCUT2D eigenvalue weighted by Crippen LogP contribution is -1.88. The van der Waals surface area contributed by atoms with Crippen molar-refractivity contribution in [3.05, 3.63) is 35.9 Å². The molecule has 0 atom stereocenters. The third kappa shape index (κ3) is 12.9. The Morgan fingerprint density at radius 1 is 0.800 bits per heavy atom. The van der Waals surface area contributed by atoms with Gasteiger partial charge in [0.2, 0.25) is 0 Å². The van der Waals surface area contributed by atoms with Crippen LogP contribution in [0.15, 0.2) is 30.3 Å². The van der Waals surface area contributed by atoms with E-state index in [1.807, 2.05) is 71.9 Å². The number of nitrogens with one attached hydrogen (secondary N) is 1. The molecule has 1 nitrogen and oxygen atoms in total. The van der Waals surface area contributed by atoms with Gasteiger partial charge in [-0.1, -0.05) is 71.9 Å². The summed E-state index contributed by atoms with van der Waals surface area (Å²) in [4.78, 5) is 0. The number of hydrogen-bond donors (Lipinski definition) is 1. The van der Waals surface area contributed by atoms with Gasteiger partial charge in [-0.05, 0) is 12.5 Å². The zero-order valence-corrected chi connectivity index (χ0v) is 11.4. The van der Waals surface area contributed by atoms with Gasteiger partial charge >= 0.3 is 0 Å². The van der Waals surface area contributed by atoms with Crippen molar-refractivity contribution in [2.75, 3.05) is 0 Å². The highest BCUT2D eigenvalue weighted by Gasteiger charge is 1.88. The van der Waals surface area contributed by atoms with Crippen LogP contribution in [0.3, 0.4) is 0 Å². The van der Waals surface area contributed by atoms with E-state index >= 15 is 0 Å². The Kier molecular flexibility index (Phi) is 24.2. The van der Waals surface area contributed by atoms with E-state index in [1.165, 1.54) is 0 Å². The molecule has 0 aliphatic rings. The van der Waals surface area contributed by atoms with E-state index in [-0.39, 0.29) is 0 Å². The van der Waals surface area contributed by atoms with E-state index in [9.17, 15) is 0 Å². The average Bonchev–Trinajstić information content (AvgIpc) is 2.38. The Hall–Kier alpha value is -1.11. The average molecular weight is 209 g/mol. The fourth-order valence-corrected chi connectivity index (χ4v) is 0.688. The fraction of sp³-hybridized carbons (Fsp3) is 0.500. The molecule has 88 valence electrons. The summed E-state index contributed by atoms with van der Waals surface area (Å²) in [5.41, 5.74) is 1.62. The molecule has 1 aromatic carbocycles. The van der Waals surface area contributed by atoms with E-state index in [4.69, 9.17) is 5.41 Å². The van der Waals surface area contributed by atoms with Gasteiger partial charge in [0, 0.05) is 5.71 Å². The van der Waals surface area contributed by atoms with Crippen LogP contribution in [0, 0.1) is 5.41 Å². The second kappa shape index (κ2) is 18.6. The predicted molar refractivity (Wildman–Crippen MR) is 73.0 cm³/mol. The molecule has 0 aliphatic carbocycles. The van der Waals surface area contributed by atoms with Crippen LogP contribution in [-0.2, 0) is 0 Å². The lowest BCUT2D eigenvalue weighted by atomic mass is 10.1. The Labute approximate surface area is 96.1 Å². The Morgan fingerprint density at radius 2 is 1.13 bits per heavy atom. The van der Waals surface area contributed by atoms with Crippen molar-refractivity contribution in [2.45, 2.75) is 48.5 Å². The zero-order chi connectivity index (χ0) is 12.7. The van der Waals surface area contributed by atoms with Gasteiger partial charge in [-0.2, -0.15) is 0 Å². The largest absolute Gasteiger partial charge is 0.305 e. The highest BCUT2D eigenvalue weighted by molar-refractivity contribution is 5.96. The summed E-state index contributed by atoms with van der Waals surface area (Å²) < 4.78 is 0. The van der Waals surface area contributed by atoms with Crippen LogP contribution in [0.4, 0.5) is 0 Å². The van der Waals surface area contributed by atoms with Crippen molar-refractivity contribution in [3.8, 4) is 0 Å². The zero-order valence-electron chi connectivity index (χ0n) is 11.4. The third-order valence-corrected chi connectivity index (χ3v) is 1.21. The van der Waals surface area contributed by atoms with Crippen LogP contribution in [-0.4, -0.2) is 5.71 Å². The van der Waals surface area contributed by atoms with E-state index in [0.717, 1.165) is 5.56 Å². The van der Waals surface area contributed by atoms with Gasteiger partial charge in [0.1, 0.15) is 0 Å². The van der Waals surface area contributed by atoms with Crippen LogP contribution in [0.1, 0.15) is 54.0 Å². The maximum atomic E-state index is 7.24. The Bertz CT molecular complexity index is 202. The van der Waals surface area contributed by atoms with Crippen molar-refractivity contribution >= 4 is 5.71 Å². The lowest BCUT2D eigenvalue weighted by Gasteiger charge is -1.92. The molecule has 0 amide bonds. The van der Waals surface area contributed by atoms with Gasteiger partial charge in [-0.15, -0.1) is 0 Å². The molecular weight excluding hydrogens is 182 g/mol. The van der Waals surface area contributed by atoms with Crippen LogP contribution >= 0.6 is 0 Å². The molecule has 1 aromatic rings. The SMILES string of the molecule is CC.CC.CC.CC(=N)c1ccccc1. The van der Waals surface area contributed by atoms with Gasteiger partial charge in [-0.3, -0.25) is 0 Å². The van der Waals surface area contributed by atoms with Gasteiger partial charge < -0.3 is 5.41 Å². The first-order valence-electron chi connectivity index (χ1n) is 5.91. The van der Waals surface area contributed by atoms with Crippen LogP contribution in [0.5, 0.6) is 0 Å². The van der Waals surface area contributed by atoms with Gasteiger partial charge in [0.05, 0.1) is 0 Å². The highest BCUT2D eigenvalue weighted by Crippen LogP contribution is 1.97. The number of rotatable bonds is 1. The Morgan fingerprint density at radius 3 is 1.33 bits per heavy atom. The summed E-state index contributed by atoms with van der Waals surface area (Å²) >= 11 is 0. The normalized spacial score (nSPS) is 6.60. The molecule has 0 fully saturated rings. The molecule has 0 heterocycles. The molecule has 0 aromatic heterocycles. The van der Waals surface area contributed by atoms with E-state index in [2.05, 4.69) is 0 Å². The van der Waals surface area contributed by atoms with Crippen LogP contribution in [0.25, 0.3) is 0 Å². The highest BCUT2D eigenvalue weighted by atomic mass is 14.4. The monoisotopic (exact) mass is 209 g/mol. The summed E-state index contributed by atoms with van der Waals surface area (Å²) in [6, 6.07) is 9.69. The molecule has 1 N–H and O–H groups in total. The smallest absolute Gasteiger partial charge is 0.0355 e. The minimum Gasteiger partial charge on any atom is -0.305 e. The molecule has 0 unspecified atom stereocenters. The maximum Gasteiger partial charge on any atom is 0.0355 e. The van der Waals surface area contributed by atoms with Crippen molar-refractivity contribution in [1.82, 2.24) is 0 Å². The molecule has 0 bridgehead atoms. The van der Waals surface area contributed by atoms with Crippen molar-refractivity contribution in [1.29, 1.82) is 5.41 Å². The van der Waals surface area contributed by atoms with Crippen molar-refractivity contribution < 1.29 is 0 Å². The summed E-state index contributed by atoms with van der Waals surface area (Å²) in [6.45, 7) is 13.8. The molecule has 0 radical (unpaired) electrons. The first-order chi connectivity index (χ1) is 7.30. The minimum atomic E-state index is 0.621. The van der Waals surface area contributed by atoms with Gasteiger partial charge in [0.25, 0.3) is 0 Å². The molecule has 0 aliphatic heterocycles. The fourth-order valence-electron chi connectivity index (χ4n) is 0.688.